The highest BCUT2D eigenvalue weighted by atomic mass is 33.1. The quantitative estimate of drug-likeness (QED) is 0.0365. The number of carbonyl (C=O) groups is 13. The van der Waals surface area contributed by atoms with Crippen LogP contribution in [0.25, 0.3) is 0 Å². The molecule has 4 rings (SSSR count). The zero-order valence-electron chi connectivity index (χ0n) is 44.1. The molecule has 12 amide bonds. The van der Waals surface area contributed by atoms with Crippen molar-refractivity contribution in [2.24, 2.45) is 22.9 Å². The molecule has 8 atom stereocenters. The van der Waals surface area contributed by atoms with Crippen molar-refractivity contribution in [3.8, 4) is 5.75 Å². The molecule has 2 saturated heterocycles. The van der Waals surface area contributed by atoms with Gasteiger partial charge in [-0.25, -0.2) is 4.79 Å². The van der Waals surface area contributed by atoms with Crippen molar-refractivity contribution in [2.75, 3.05) is 44.2 Å². The third-order valence-corrected chi connectivity index (χ3v) is 15.0. The number of carboxylic acids is 1. The molecule has 0 aromatic heterocycles. The molecular weight excluding hydrogens is 1100 g/mol. The molecule has 2 aliphatic rings. The van der Waals surface area contributed by atoms with Crippen LogP contribution in [0.15, 0.2) is 54.6 Å². The van der Waals surface area contributed by atoms with Crippen molar-refractivity contribution < 1.29 is 72.5 Å². The highest BCUT2D eigenvalue weighted by Crippen LogP contribution is 2.26. The number of aromatic hydroxyl groups is 1. The van der Waals surface area contributed by atoms with Crippen LogP contribution in [0.3, 0.4) is 0 Å². The van der Waals surface area contributed by atoms with Crippen molar-refractivity contribution in [1.82, 2.24) is 52.8 Å². The zero-order valence-corrected chi connectivity index (χ0v) is 45.7. The summed E-state index contributed by atoms with van der Waals surface area (Å²) in [5, 5.41) is 42.1. The number of amides is 12. The standard InChI is InChI=1S/C50H70N14O15S2/c51-17-5-4-9-31(50(78)79)59-48(76)37-10-6-18-64(37)49(77)36-26-81-80-25-35(57-42(70)24-56-41(69)23-55-40(68)22-52)47(75)61-33(20-28-11-13-29(65)14-12-28)45(73)60-32(19-27-7-2-1-3-8-27)44(72)58-30(15-16-38(53)66)43(71)62-34(21-39(54)67)46(74)63-36/h1-3,7-8,11-14,30-37,65H,4-6,9-10,15-26,51-52H2,(H2,53,66)(H2,54,67)(H,55,68)(H,56,69)(H,57,70)(H,58,72)(H,59,76)(H,60,73)(H,61,75)(H,62,71)(H,63,74)(H,78,79)/t30-,31-,32-,33?,34?,35-,36?,37-/m0/s1. The molecular formula is C50H70N14O15S2. The van der Waals surface area contributed by atoms with Crippen molar-refractivity contribution in [3.05, 3.63) is 65.7 Å². The lowest BCUT2D eigenvalue weighted by molar-refractivity contribution is -0.145. The second-order valence-corrected chi connectivity index (χ2v) is 21.4. The second kappa shape index (κ2) is 33.5. The normalized spacial score (nSPS) is 21.7. The number of rotatable bonds is 23. The van der Waals surface area contributed by atoms with Crippen LogP contribution in [0.5, 0.6) is 5.75 Å². The molecule has 3 unspecified atom stereocenters. The minimum atomic E-state index is -1.86. The molecule has 442 valence electrons. The Balaban J connectivity index is 1.81. The Labute approximate surface area is 473 Å². The van der Waals surface area contributed by atoms with Crippen LogP contribution in [0, 0.1) is 0 Å². The number of benzene rings is 2. The van der Waals surface area contributed by atoms with E-state index >= 15 is 0 Å². The van der Waals surface area contributed by atoms with Crippen LogP contribution in [-0.4, -0.2) is 185 Å². The number of nitrogens with one attached hydrogen (secondary N) is 9. The number of phenolic OH excluding ortho intramolecular Hbond substituents is 1. The van der Waals surface area contributed by atoms with E-state index in [-0.39, 0.29) is 62.4 Å². The molecule has 31 heteroatoms. The van der Waals surface area contributed by atoms with Crippen LogP contribution in [0.1, 0.15) is 62.5 Å². The molecule has 0 aliphatic carbocycles. The molecule has 29 nitrogen and oxygen atoms in total. The average molecular weight is 1170 g/mol. The summed E-state index contributed by atoms with van der Waals surface area (Å²) in [5.41, 5.74) is 22.8. The fourth-order valence-corrected chi connectivity index (χ4v) is 10.6. The van der Waals surface area contributed by atoms with Gasteiger partial charge in [0, 0.05) is 37.3 Å². The van der Waals surface area contributed by atoms with E-state index in [0.29, 0.717) is 24.0 Å². The van der Waals surface area contributed by atoms with Crippen molar-refractivity contribution in [3.63, 3.8) is 0 Å². The summed E-state index contributed by atoms with van der Waals surface area (Å²) in [6.45, 7) is -1.43. The van der Waals surface area contributed by atoms with Gasteiger partial charge in [-0.05, 0) is 68.3 Å². The van der Waals surface area contributed by atoms with E-state index in [0.717, 1.165) is 26.5 Å². The van der Waals surface area contributed by atoms with Gasteiger partial charge in [-0.1, -0.05) is 64.1 Å². The summed E-state index contributed by atoms with van der Waals surface area (Å²) in [6, 6.07) is 1.46. The second-order valence-electron chi connectivity index (χ2n) is 18.9. The Morgan fingerprint density at radius 3 is 1.85 bits per heavy atom. The molecule has 2 aliphatic heterocycles. The van der Waals surface area contributed by atoms with Crippen molar-refractivity contribution in [2.45, 2.75) is 113 Å². The van der Waals surface area contributed by atoms with Gasteiger partial charge in [0.25, 0.3) is 0 Å². The third-order valence-electron chi connectivity index (χ3n) is 12.6. The lowest BCUT2D eigenvalue weighted by Gasteiger charge is -2.30. The van der Waals surface area contributed by atoms with E-state index in [9.17, 15) is 72.5 Å². The van der Waals surface area contributed by atoms with Crippen LogP contribution >= 0.6 is 21.6 Å². The SMILES string of the molecule is NCCCC[C@H](NC(=O)[C@@H]1CCCN1C(=O)C1CSSC[C@H](NC(=O)CNC(=O)CNC(=O)CN)C(=O)NC(Cc2ccc(O)cc2)C(=O)N[C@@H](Cc2ccccc2)C(=O)N[C@@H](CCC(N)=O)C(=O)NC(CC(N)=O)C(=O)N1)C(=O)O. The maximum Gasteiger partial charge on any atom is 0.326 e. The molecule has 2 aromatic carbocycles. The Kier molecular flexibility index (Phi) is 27.1. The number of nitrogens with two attached hydrogens (primary N) is 4. The van der Waals surface area contributed by atoms with Crippen LogP contribution in [-0.2, 0) is 75.2 Å². The van der Waals surface area contributed by atoms with Gasteiger partial charge in [-0.2, -0.15) is 0 Å². The molecule has 0 radical (unpaired) electrons. The number of carboxylic acid groups (broad SMARTS) is 1. The number of aliphatic carboxylic acids is 1. The van der Waals surface area contributed by atoms with E-state index in [2.05, 4.69) is 47.9 Å². The maximum atomic E-state index is 14.7. The lowest BCUT2D eigenvalue weighted by Crippen LogP contribution is -2.61. The van der Waals surface area contributed by atoms with E-state index in [1.807, 2.05) is 0 Å². The summed E-state index contributed by atoms with van der Waals surface area (Å²) in [5.74, 6) is -13.5. The number of hydrogen-bond donors (Lipinski definition) is 15. The fraction of sp³-hybridized carbons (Fsp3) is 0.500. The van der Waals surface area contributed by atoms with Gasteiger partial charge in [0.05, 0.1) is 26.1 Å². The number of phenols is 1. The first-order valence-corrected chi connectivity index (χ1v) is 28.3. The minimum Gasteiger partial charge on any atom is -0.508 e. The highest BCUT2D eigenvalue weighted by Gasteiger charge is 2.41. The number of primary amides is 2. The van der Waals surface area contributed by atoms with E-state index in [1.54, 1.807) is 30.3 Å². The van der Waals surface area contributed by atoms with Gasteiger partial charge in [0.15, 0.2) is 0 Å². The molecule has 2 heterocycles. The first-order valence-electron chi connectivity index (χ1n) is 25.8. The largest absolute Gasteiger partial charge is 0.508 e. The topological polar surface area (TPSA) is 478 Å². The number of nitrogens with zero attached hydrogens (tertiary/aromatic N) is 1. The first-order chi connectivity index (χ1) is 38.6. The third kappa shape index (κ3) is 22.6. The fourth-order valence-electron chi connectivity index (χ4n) is 8.31. The maximum absolute atomic E-state index is 14.7. The van der Waals surface area contributed by atoms with Gasteiger partial charge in [0.1, 0.15) is 54.1 Å². The summed E-state index contributed by atoms with van der Waals surface area (Å²) in [7, 11) is 1.74. The average Bonchev–Trinajstić information content (AvgIpc) is 3.94. The molecule has 0 saturated carbocycles. The molecule has 0 spiro atoms. The number of hydrogen-bond acceptors (Lipinski definition) is 18. The summed E-state index contributed by atoms with van der Waals surface area (Å²) < 4.78 is 0. The Morgan fingerprint density at radius 2 is 1.23 bits per heavy atom. The molecule has 2 fully saturated rings. The van der Waals surface area contributed by atoms with Gasteiger partial charge >= 0.3 is 5.97 Å². The van der Waals surface area contributed by atoms with Crippen LogP contribution in [0.2, 0.25) is 0 Å². The monoisotopic (exact) mass is 1170 g/mol. The van der Waals surface area contributed by atoms with Gasteiger partial charge in [0.2, 0.25) is 70.9 Å². The summed E-state index contributed by atoms with van der Waals surface area (Å²) >= 11 is 0. The molecule has 2 aromatic rings. The number of carbonyl (C=O) groups excluding carboxylic acids is 12. The summed E-state index contributed by atoms with van der Waals surface area (Å²) in [6.07, 6.45) is -1.12. The molecule has 0 bridgehead atoms. The molecule has 19 N–H and O–H groups in total. The van der Waals surface area contributed by atoms with Crippen LogP contribution < -0.4 is 70.8 Å². The Hall–Kier alpha value is -8.03. The highest BCUT2D eigenvalue weighted by molar-refractivity contribution is 8.76. The lowest BCUT2D eigenvalue weighted by atomic mass is 10.0. The molecule has 81 heavy (non-hydrogen) atoms. The minimum absolute atomic E-state index is 0.0368. The zero-order chi connectivity index (χ0) is 59.6. The summed E-state index contributed by atoms with van der Waals surface area (Å²) in [4.78, 5) is 176. The van der Waals surface area contributed by atoms with Crippen molar-refractivity contribution in [1.29, 1.82) is 0 Å². The van der Waals surface area contributed by atoms with Crippen LogP contribution in [0.4, 0.5) is 0 Å². The predicted molar refractivity (Wildman–Crippen MR) is 293 cm³/mol. The Bertz CT molecular complexity index is 2580. The van der Waals surface area contributed by atoms with Gasteiger partial charge in [-0.3, -0.25) is 57.5 Å². The van der Waals surface area contributed by atoms with Gasteiger partial charge < -0.3 is 85.9 Å². The number of unbranched alkanes of at least 4 members (excludes halogenated alkanes) is 1. The predicted octanol–water partition coefficient (Wildman–Crippen LogP) is -5.50. The smallest absolute Gasteiger partial charge is 0.326 e. The van der Waals surface area contributed by atoms with Crippen molar-refractivity contribution >= 4 is 98.4 Å². The van der Waals surface area contributed by atoms with E-state index in [1.165, 1.54) is 24.3 Å². The Morgan fingerprint density at radius 1 is 0.667 bits per heavy atom. The van der Waals surface area contributed by atoms with Gasteiger partial charge in [-0.15, -0.1) is 0 Å². The van der Waals surface area contributed by atoms with E-state index < -0.39 is 164 Å². The first kappa shape index (κ1) is 65.5. The van der Waals surface area contributed by atoms with E-state index in [4.69, 9.17) is 22.9 Å². The number of likely N-dealkylation sites (tertiary alicyclic amines) is 1.